The van der Waals surface area contributed by atoms with Crippen LogP contribution in [0.1, 0.15) is 11.3 Å². The Labute approximate surface area is 107 Å². The van der Waals surface area contributed by atoms with E-state index in [4.69, 9.17) is 9.47 Å². The molecule has 0 aliphatic heterocycles. The van der Waals surface area contributed by atoms with Crippen molar-refractivity contribution in [2.24, 2.45) is 0 Å². The average molecular weight is 241 g/mol. The van der Waals surface area contributed by atoms with E-state index in [2.05, 4.69) is 11.6 Å². The van der Waals surface area contributed by atoms with Gasteiger partial charge in [0.25, 0.3) is 0 Å². The summed E-state index contributed by atoms with van der Waals surface area (Å²) >= 11 is 0. The predicted molar refractivity (Wildman–Crippen MR) is 71.7 cm³/mol. The van der Waals surface area contributed by atoms with Crippen molar-refractivity contribution in [1.82, 2.24) is 4.98 Å². The van der Waals surface area contributed by atoms with Gasteiger partial charge in [-0.05, 0) is 35.9 Å². The lowest BCUT2D eigenvalue weighted by atomic mass is 10.2. The molecule has 0 saturated carbocycles. The smallest absolute Gasteiger partial charge is 0.138 e. The summed E-state index contributed by atoms with van der Waals surface area (Å²) in [6, 6.07) is 11.5. The number of hydrogen-bond acceptors (Lipinski definition) is 3. The second-order valence-corrected chi connectivity index (χ2v) is 3.76. The Morgan fingerprint density at radius 3 is 2.39 bits per heavy atom. The zero-order valence-corrected chi connectivity index (χ0v) is 10.3. The lowest BCUT2D eigenvalue weighted by Crippen LogP contribution is -1.96. The number of hydrogen-bond donors (Lipinski definition) is 0. The van der Waals surface area contributed by atoms with Crippen molar-refractivity contribution in [1.29, 1.82) is 0 Å². The van der Waals surface area contributed by atoms with E-state index in [1.54, 1.807) is 19.4 Å². The van der Waals surface area contributed by atoms with Gasteiger partial charge in [-0.2, -0.15) is 0 Å². The quantitative estimate of drug-likeness (QED) is 0.804. The van der Waals surface area contributed by atoms with E-state index in [-0.39, 0.29) is 0 Å². The fourth-order valence-electron chi connectivity index (χ4n) is 1.49. The minimum absolute atomic E-state index is 0.513. The summed E-state index contributed by atoms with van der Waals surface area (Å²) in [4.78, 5) is 4.17. The van der Waals surface area contributed by atoms with Crippen molar-refractivity contribution in [3.8, 4) is 11.5 Å². The Morgan fingerprint density at radius 1 is 1.11 bits per heavy atom. The van der Waals surface area contributed by atoms with Crippen LogP contribution in [-0.4, -0.2) is 12.1 Å². The summed E-state index contributed by atoms with van der Waals surface area (Å²) in [5.74, 6) is 1.59. The highest BCUT2D eigenvalue weighted by Crippen LogP contribution is 2.15. The molecule has 0 unspecified atom stereocenters. The first-order valence-electron chi connectivity index (χ1n) is 5.66. The number of benzene rings is 1. The van der Waals surface area contributed by atoms with Gasteiger partial charge in [-0.1, -0.05) is 18.7 Å². The van der Waals surface area contributed by atoms with Crippen molar-refractivity contribution in [2.75, 3.05) is 7.11 Å². The van der Waals surface area contributed by atoms with Crippen LogP contribution >= 0.6 is 0 Å². The third-order valence-corrected chi connectivity index (χ3v) is 2.53. The van der Waals surface area contributed by atoms with Crippen LogP contribution in [0.25, 0.3) is 6.08 Å². The van der Waals surface area contributed by atoms with Gasteiger partial charge in [0.15, 0.2) is 0 Å². The molecule has 0 N–H and O–H groups in total. The molecule has 0 amide bonds. The van der Waals surface area contributed by atoms with Crippen LogP contribution in [0.5, 0.6) is 11.5 Å². The minimum atomic E-state index is 0.513. The maximum Gasteiger partial charge on any atom is 0.138 e. The lowest BCUT2D eigenvalue weighted by molar-refractivity contribution is 0.304. The lowest BCUT2D eigenvalue weighted by Gasteiger charge is -2.06. The monoisotopic (exact) mass is 241 g/mol. The highest BCUT2D eigenvalue weighted by atomic mass is 16.5. The molecule has 0 fully saturated rings. The summed E-state index contributed by atoms with van der Waals surface area (Å²) in [7, 11) is 1.65. The number of pyridine rings is 1. The number of ether oxygens (including phenoxy) is 2. The highest BCUT2D eigenvalue weighted by molar-refractivity contribution is 5.42. The first-order chi connectivity index (χ1) is 8.81. The Kier molecular flexibility index (Phi) is 3.97. The first-order valence-corrected chi connectivity index (χ1v) is 5.66. The molecule has 2 rings (SSSR count). The molecule has 18 heavy (non-hydrogen) atoms. The standard InChI is InChI=1S/C15H15NO2/c1-3-13-6-9-15(10-16-13)18-11-12-4-7-14(17-2)8-5-12/h3-10H,1,11H2,2H3. The van der Waals surface area contributed by atoms with Gasteiger partial charge in [0.05, 0.1) is 19.0 Å². The fraction of sp³-hybridized carbons (Fsp3) is 0.133. The molecular weight excluding hydrogens is 226 g/mol. The SMILES string of the molecule is C=Cc1ccc(OCc2ccc(OC)cc2)cn1. The molecule has 0 spiro atoms. The summed E-state index contributed by atoms with van der Waals surface area (Å²) in [5.41, 5.74) is 1.93. The molecule has 0 aliphatic carbocycles. The van der Waals surface area contributed by atoms with Gasteiger partial charge >= 0.3 is 0 Å². The van der Waals surface area contributed by atoms with Crippen molar-refractivity contribution in [3.05, 3.63) is 60.4 Å². The predicted octanol–water partition coefficient (Wildman–Crippen LogP) is 3.31. The largest absolute Gasteiger partial charge is 0.497 e. The van der Waals surface area contributed by atoms with Crippen LogP contribution in [0.15, 0.2) is 49.2 Å². The van der Waals surface area contributed by atoms with Crippen molar-refractivity contribution < 1.29 is 9.47 Å². The highest BCUT2D eigenvalue weighted by Gasteiger charge is 1.97. The second-order valence-electron chi connectivity index (χ2n) is 3.76. The second kappa shape index (κ2) is 5.87. The maximum atomic E-state index is 5.63. The normalized spacial score (nSPS) is 9.83. The number of aromatic nitrogens is 1. The van der Waals surface area contributed by atoms with E-state index < -0.39 is 0 Å². The molecule has 1 heterocycles. The number of nitrogens with zero attached hydrogens (tertiary/aromatic N) is 1. The molecule has 0 radical (unpaired) electrons. The fourth-order valence-corrected chi connectivity index (χ4v) is 1.49. The third-order valence-electron chi connectivity index (χ3n) is 2.53. The van der Waals surface area contributed by atoms with Crippen molar-refractivity contribution >= 4 is 6.08 Å². The number of methoxy groups -OCH3 is 1. The summed E-state index contributed by atoms with van der Waals surface area (Å²) in [6.45, 7) is 4.17. The maximum absolute atomic E-state index is 5.63. The summed E-state index contributed by atoms with van der Waals surface area (Å²) in [5, 5.41) is 0. The van der Waals surface area contributed by atoms with E-state index in [0.29, 0.717) is 6.61 Å². The van der Waals surface area contributed by atoms with Gasteiger partial charge in [-0.25, -0.2) is 0 Å². The Bertz CT molecular complexity index is 503. The van der Waals surface area contributed by atoms with Gasteiger partial charge in [-0.15, -0.1) is 0 Å². The van der Waals surface area contributed by atoms with Gasteiger partial charge in [0.2, 0.25) is 0 Å². The van der Waals surface area contributed by atoms with Crippen molar-refractivity contribution in [3.63, 3.8) is 0 Å². The Morgan fingerprint density at radius 2 is 1.83 bits per heavy atom. The summed E-state index contributed by atoms with van der Waals surface area (Å²) in [6.07, 6.45) is 3.40. The Hall–Kier alpha value is -2.29. The van der Waals surface area contributed by atoms with Crippen LogP contribution < -0.4 is 9.47 Å². The van der Waals surface area contributed by atoms with Crippen LogP contribution in [0.3, 0.4) is 0 Å². The molecule has 2 aromatic rings. The topological polar surface area (TPSA) is 31.4 Å². The molecule has 1 aromatic carbocycles. The van der Waals surface area contributed by atoms with E-state index in [1.807, 2.05) is 36.4 Å². The molecule has 3 heteroatoms. The third kappa shape index (κ3) is 3.10. The van der Waals surface area contributed by atoms with Crippen molar-refractivity contribution in [2.45, 2.75) is 6.61 Å². The number of rotatable bonds is 5. The van der Waals surface area contributed by atoms with Crippen LogP contribution in [-0.2, 0) is 6.61 Å². The minimum Gasteiger partial charge on any atom is -0.497 e. The molecule has 3 nitrogen and oxygen atoms in total. The first kappa shape index (κ1) is 12.2. The molecular formula is C15H15NO2. The molecule has 0 atom stereocenters. The zero-order valence-electron chi connectivity index (χ0n) is 10.3. The molecule has 0 saturated heterocycles. The van der Waals surface area contributed by atoms with E-state index >= 15 is 0 Å². The Balaban J connectivity index is 1.95. The molecule has 0 bridgehead atoms. The van der Waals surface area contributed by atoms with E-state index in [9.17, 15) is 0 Å². The van der Waals surface area contributed by atoms with Crippen LogP contribution in [0.4, 0.5) is 0 Å². The molecule has 1 aromatic heterocycles. The van der Waals surface area contributed by atoms with Gasteiger partial charge in [0.1, 0.15) is 18.1 Å². The van der Waals surface area contributed by atoms with Gasteiger partial charge in [0, 0.05) is 0 Å². The van der Waals surface area contributed by atoms with Crippen LogP contribution in [0, 0.1) is 0 Å². The summed E-state index contributed by atoms with van der Waals surface area (Å²) < 4.78 is 10.7. The zero-order chi connectivity index (χ0) is 12.8. The van der Waals surface area contributed by atoms with Gasteiger partial charge in [-0.3, -0.25) is 4.98 Å². The van der Waals surface area contributed by atoms with Crippen LogP contribution in [0.2, 0.25) is 0 Å². The van der Waals surface area contributed by atoms with E-state index in [1.165, 1.54) is 0 Å². The van der Waals surface area contributed by atoms with Gasteiger partial charge < -0.3 is 9.47 Å². The molecule has 92 valence electrons. The van der Waals surface area contributed by atoms with E-state index in [0.717, 1.165) is 22.8 Å². The average Bonchev–Trinajstić information content (AvgIpc) is 2.46. The molecule has 0 aliphatic rings.